The summed E-state index contributed by atoms with van der Waals surface area (Å²) in [6.07, 6.45) is 7.00. The summed E-state index contributed by atoms with van der Waals surface area (Å²) in [5.41, 5.74) is 7.24. The van der Waals surface area contributed by atoms with Crippen LogP contribution in [0.25, 0.3) is 0 Å². The maximum atomic E-state index is 12.5. The molecule has 0 aliphatic heterocycles. The summed E-state index contributed by atoms with van der Waals surface area (Å²) < 4.78 is 0. The van der Waals surface area contributed by atoms with E-state index in [9.17, 15) is 9.59 Å². The minimum absolute atomic E-state index is 0.0449. The molecule has 0 spiro atoms. The molecule has 2 amide bonds. The lowest BCUT2D eigenvalue weighted by Gasteiger charge is -2.30. The number of benzene rings is 1. The summed E-state index contributed by atoms with van der Waals surface area (Å²) in [7, 11) is 0. The van der Waals surface area contributed by atoms with Crippen LogP contribution in [0.1, 0.15) is 55.8 Å². The van der Waals surface area contributed by atoms with Gasteiger partial charge in [0.25, 0.3) is 5.91 Å². The number of carbonyl (C=O) groups excluding carboxylic acids is 2. The smallest absolute Gasteiger partial charge is 0.251 e. The van der Waals surface area contributed by atoms with Crippen LogP contribution < -0.4 is 16.4 Å². The largest absolute Gasteiger partial charge is 0.348 e. The summed E-state index contributed by atoms with van der Waals surface area (Å²) in [5, 5.41) is 6.01. The first-order valence-corrected chi connectivity index (χ1v) is 9.50. The third kappa shape index (κ3) is 4.60. The van der Waals surface area contributed by atoms with Crippen LogP contribution in [-0.4, -0.2) is 24.4 Å². The zero-order valence-corrected chi connectivity index (χ0v) is 15.0. The van der Waals surface area contributed by atoms with Gasteiger partial charge in [0, 0.05) is 29.8 Å². The van der Waals surface area contributed by atoms with Crippen molar-refractivity contribution in [2.24, 2.45) is 23.5 Å². The van der Waals surface area contributed by atoms with Gasteiger partial charge in [0.15, 0.2) is 0 Å². The van der Waals surface area contributed by atoms with Crippen molar-refractivity contribution < 1.29 is 9.59 Å². The Labute approximate surface area is 149 Å². The second-order valence-electron chi connectivity index (χ2n) is 7.60. The van der Waals surface area contributed by atoms with E-state index >= 15 is 0 Å². The molecule has 2 fully saturated rings. The summed E-state index contributed by atoms with van der Waals surface area (Å²) in [4.78, 5) is 24.5. The standard InChI is InChI=1S/C20H29N3O2/c1-13-11-17(13)20(25)22-16-9-7-15(8-10-16)19(24)23-18(12-21)14-5-3-2-4-6-14/h7-10,13-14,17-18H,2-6,11-12,21H2,1H3,(H,22,25)(H,23,24). The minimum atomic E-state index is -0.0882. The molecule has 1 aromatic carbocycles. The van der Waals surface area contributed by atoms with Gasteiger partial charge in [-0.1, -0.05) is 26.2 Å². The SMILES string of the molecule is CC1CC1C(=O)Nc1ccc(C(=O)NC(CN)C2CCCCC2)cc1. The quantitative estimate of drug-likeness (QED) is 0.742. The number of hydrogen-bond donors (Lipinski definition) is 3. The lowest BCUT2D eigenvalue weighted by atomic mass is 9.84. The van der Waals surface area contributed by atoms with Crippen LogP contribution in [0.3, 0.4) is 0 Å². The number of nitrogens with one attached hydrogen (secondary N) is 2. The molecule has 5 heteroatoms. The van der Waals surface area contributed by atoms with Gasteiger partial charge in [-0.05, 0) is 55.4 Å². The number of nitrogens with two attached hydrogens (primary N) is 1. The molecular formula is C20H29N3O2. The molecule has 1 aromatic rings. The third-order valence-electron chi connectivity index (χ3n) is 5.65. The van der Waals surface area contributed by atoms with Crippen molar-refractivity contribution >= 4 is 17.5 Å². The van der Waals surface area contributed by atoms with Gasteiger partial charge in [0.05, 0.1) is 0 Å². The van der Waals surface area contributed by atoms with Gasteiger partial charge in [0.1, 0.15) is 0 Å². The first-order valence-electron chi connectivity index (χ1n) is 9.50. The fourth-order valence-electron chi connectivity index (χ4n) is 3.78. The van der Waals surface area contributed by atoms with E-state index in [-0.39, 0.29) is 23.8 Å². The van der Waals surface area contributed by atoms with Gasteiger partial charge in [0.2, 0.25) is 5.91 Å². The van der Waals surface area contributed by atoms with E-state index in [2.05, 4.69) is 17.6 Å². The Balaban J connectivity index is 1.55. The Kier molecular flexibility index (Phi) is 5.74. The number of rotatable bonds is 6. The van der Waals surface area contributed by atoms with Crippen molar-refractivity contribution in [2.45, 2.75) is 51.5 Å². The van der Waals surface area contributed by atoms with Crippen molar-refractivity contribution in [3.63, 3.8) is 0 Å². The van der Waals surface area contributed by atoms with Crippen molar-refractivity contribution in [2.75, 3.05) is 11.9 Å². The molecule has 2 aliphatic rings. The van der Waals surface area contributed by atoms with Crippen molar-refractivity contribution in [3.05, 3.63) is 29.8 Å². The van der Waals surface area contributed by atoms with Gasteiger partial charge >= 0.3 is 0 Å². The van der Waals surface area contributed by atoms with Gasteiger partial charge in [-0.3, -0.25) is 9.59 Å². The Morgan fingerprint density at radius 3 is 2.36 bits per heavy atom. The Hall–Kier alpha value is -1.88. The Morgan fingerprint density at radius 1 is 1.16 bits per heavy atom. The lowest BCUT2D eigenvalue weighted by Crippen LogP contribution is -2.45. The average Bonchev–Trinajstić information content (AvgIpc) is 3.38. The first-order chi connectivity index (χ1) is 12.1. The fourth-order valence-corrected chi connectivity index (χ4v) is 3.78. The average molecular weight is 343 g/mol. The lowest BCUT2D eigenvalue weighted by molar-refractivity contribution is -0.117. The highest BCUT2D eigenvalue weighted by Gasteiger charge is 2.39. The molecule has 0 radical (unpaired) electrons. The Morgan fingerprint density at radius 2 is 1.80 bits per heavy atom. The van der Waals surface area contributed by atoms with E-state index in [0.29, 0.717) is 23.9 Å². The highest BCUT2D eigenvalue weighted by molar-refractivity contribution is 5.97. The highest BCUT2D eigenvalue weighted by Crippen LogP contribution is 2.38. The summed E-state index contributed by atoms with van der Waals surface area (Å²) in [6, 6.07) is 7.14. The summed E-state index contributed by atoms with van der Waals surface area (Å²) in [5.74, 6) is 1.10. The van der Waals surface area contributed by atoms with E-state index in [1.165, 1.54) is 19.3 Å². The summed E-state index contributed by atoms with van der Waals surface area (Å²) in [6.45, 7) is 2.56. The van der Waals surface area contributed by atoms with Crippen molar-refractivity contribution in [3.8, 4) is 0 Å². The molecule has 136 valence electrons. The maximum Gasteiger partial charge on any atom is 0.251 e. The van der Waals surface area contributed by atoms with Crippen LogP contribution in [0.4, 0.5) is 5.69 Å². The number of hydrogen-bond acceptors (Lipinski definition) is 3. The molecule has 2 saturated carbocycles. The van der Waals surface area contributed by atoms with E-state index in [4.69, 9.17) is 5.73 Å². The van der Waals surface area contributed by atoms with Crippen LogP contribution in [0.5, 0.6) is 0 Å². The van der Waals surface area contributed by atoms with Gasteiger partial charge < -0.3 is 16.4 Å². The predicted octanol–water partition coefficient (Wildman–Crippen LogP) is 2.92. The second kappa shape index (κ2) is 8.00. The van der Waals surface area contributed by atoms with E-state index < -0.39 is 0 Å². The molecule has 0 bridgehead atoms. The topological polar surface area (TPSA) is 84.2 Å². The molecule has 25 heavy (non-hydrogen) atoms. The van der Waals surface area contributed by atoms with Crippen LogP contribution >= 0.6 is 0 Å². The van der Waals surface area contributed by atoms with Gasteiger partial charge in [-0.25, -0.2) is 0 Å². The second-order valence-corrected chi connectivity index (χ2v) is 7.60. The van der Waals surface area contributed by atoms with Crippen LogP contribution in [0.15, 0.2) is 24.3 Å². The van der Waals surface area contributed by atoms with Crippen molar-refractivity contribution in [1.82, 2.24) is 5.32 Å². The van der Waals surface area contributed by atoms with Crippen LogP contribution in [0.2, 0.25) is 0 Å². The van der Waals surface area contributed by atoms with E-state index in [0.717, 1.165) is 24.9 Å². The van der Waals surface area contributed by atoms with E-state index in [1.807, 2.05) is 0 Å². The summed E-state index contributed by atoms with van der Waals surface area (Å²) >= 11 is 0. The molecule has 4 N–H and O–H groups in total. The van der Waals surface area contributed by atoms with Gasteiger partial charge in [-0.2, -0.15) is 0 Å². The maximum absolute atomic E-state index is 12.5. The number of amides is 2. The first kappa shape index (κ1) is 17.9. The van der Waals surface area contributed by atoms with Crippen LogP contribution in [-0.2, 0) is 4.79 Å². The molecule has 0 aromatic heterocycles. The molecule has 3 unspecified atom stereocenters. The number of carbonyl (C=O) groups is 2. The molecule has 3 atom stereocenters. The van der Waals surface area contributed by atoms with Gasteiger partial charge in [-0.15, -0.1) is 0 Å². The molecular weight excluding hydrogens is 314 g/mol. The third-order valence-corrected chi connectivity index (χ3v) is 5.65. The zero-order valence-electron chi connectivity index (χ0n) is 15.0. The molecule has 0 heterocycles. The zero-order chi connectivity index (χ0) is 17.8. The van der Waals surface area contributed by atoms with Crippen LogP contribution in [0, 0.1) is 17.8 Å². The normalized spacial score (nSPS) is 24.4. The highest BCUT2D eigenvalue weighted by atomic mass is 16.2. The van der Waals surface area contributed by atoms with Crippen molar-refractivity contribution in [1.29, 1.82) is 0 Å². The molecule has 2 aliphatic carbocycles. The molecule has 0 saturated heterocycles. The number of anilines is 1. The fraction of sp³-hybridized carbons (Fsp3) is 0.600. The molecule has 3 rings (SSSR count). The Bertz CT molecular complexity index is 608. The monoisotopic (exact) mass is 343 g/mol. The molecule has 5 nitrogen and oxygen atoms in total. The predicted molar refractivity (Wildman–Crippen MR) is 99.2 cm³/mol. The minimum Gasteiger partial charge on any atom is -0.348 e. The van der Waals surface area contributed by atoms with E-state index in [1.54, 1.807) is 24.3 Å².